The highest BCUT2D eigenvalue weighted by molar-refractivity contribution is 5.26. The zero-order chi connectivity index (χ0) is 11.2. The van der Waals surface area contributed by atoms with E-state index < -0.39 is 18.2 Å². The lowest BCUT2D eigenvalue weighted by molar-refractivity contribution is -0.185. The van der Waals surface area contributed by atoms with Gasteiger partial charge in [-0.05, 0) is 19.4 Å². The first-order chi connectivity index (χ1) is 6.88. The van der Waals surface area contributed by atoms with E-state index in [0.717, 1.165) is 0 Å². The summed E-state index contributed by atoms with van der Waals surface area (Å²) in [6.45, 7) is 1.66. The Balaban J connectivity index is 2.30. The summed E-state index contributed by atoms with van der Waals surface area (Å²) in [5, 5.41) is 9.55. The van der Waals surface area contributed by atoms with Gasteiger partial charge in [0.05, 0.1) is 12.0 Å². The standard InChI is InChI=1S/C10H11F3O2/c1-5-2-7-8(14)3-6(10(11,12)13)4-9(7)15-5/h2,6,8,14H,3-4H2,1H3/t6-,8+/m0/s1. The fourth-order valence-electron chi connectivity index (χ4n) is 1.98. The Morgan fingerprint density at radius 2 is 2.13 bits per heavy atom. The second kappa shape index (κ2) is 3.27. The van der Waals surface area contributed by atoms with E-state index in [-0.39, 0.29) is 18.6 Å². The van der Waals surface area contributed by atoms with Gasteiger partial charge < -0.3 is 9.52 Å². The number of hydrogen-bond donors (Lipinski definition) is 1. The number of aliphatic hydroxyl groups excluding tert-OH is 1. The molecular weight excluding hydrogens is 209 g/mol. The maximum absolute atomic E-state index is 12.5. The van der Waals surface area contributed by atoms with Crippen LogP contribution in [0.1, 0.15) is 29.6 Å². The Morgan fingerprint density at radius 3 is 2.73 bits per heavy atom. The van der Waals surface area contributed by atoms with Crippen molar-refractivity contribution < 1.29 is 22.7 Å². The molecule has 1 N–H and O–H groups in total. The highest BCUT2D eigenvalue weighted by atomic mass is 19.4. The largest absolute Gasteiger partial charge is 0.466 e. The Morgan fingerprint density at radius 1 is 1.47 bits per heavy atom. The summed E-state index contributed by atoms with van der Waals surface area (Å²) in [6.07, 6.45) is -5.75. The molecule has 0 amide bonds. The quantitative estimate of drug-likeness (QED) is 0.729. The number of furan rings is 1. The van der Waals surface area contributed by atoms with Crippen molar-refractivity contribution in [2.45, 2.75) is 32.0 Å². The van der Waals surface area contributed by atoms with Gasteiger partial charge in [0.2, 0.25) is 0 Å². The third-order valence-electron chi connectivity index (χ3n) is 2.73. The molecule has 0 radical (unpaired) electrons. The predicted octanol–water partition coefficient (Wildman–Crippen LogP) is 2.75. The fourth-order valence-corrected chi connectivity index (χ4v) is 1.98. The maximum atomic E-state index is 12.5. The van der Waals surface area contributed by atoms with Crippen molar-refractivity contribution in [1.29, 1.82) is 0 Å². The van der Waals surface area contributed by atoms with E-state index in [9.17, 15) is 18.3 Å². The molecule has 1 aliphatic carbocycles. The predicted molar refractivity (Wildman–Crippen MR) is 46.3 cm³/mol. The summed E-state index contributed by atoms with van der Waals surface area (Å²) in [4.78, 5) is 0. The van der Waals surface area contributed by atoms with Crippen LogP contribution in [0.5, 0.6) is 0 Å². The SMILES string of the molecule is Cc1cc2c(o1)C[C@@H](C(F)(F)F)C[C@H]2O. The Hall–Kier alpha value is -0.970. The van der Waals surface area contributed by atoms with Crippen molar-refractivity contribution in [3.05, 3.63) is 23.2 Å². The summed E-state index contributed by atoms with van der Waals surface area (Å²) < 4.78 is 42.5. The average Bonchev–Trinajstić information content (AvgIpc) is 2.44. The van der Waals surface area contributed by atoms with E-state index >= 15 is 0 Å². The molecule has 1 aliphatic rings. The summed E-state index contributed by atoms with van der Waals surface area (Å²) in [6, 6.07) is 1.60. The normalized spacial score (nSPS) is 26.5. The summed E-state index contributed by atoms with van der Waals surface area (Å²) in [5.74, 6) is -0.680. The van der Waals surface area contributed by atoms with Crippen LogP contribution in [0.25, 0.3) is 0 Å². The van der Waals surface area contributed by atoms with Gasteiger partial charge in [-0.3, -0.25) is 0 Å². The molecule has 0 unspecified atom stereocenters. The van der Waals surface area contributed by atoms with Gasteiger partial charge in [-0.25, -0.2) is 0 Å². The number of halogens is 3. The van der Waals surface area contributed by atoms with Crippen molar-refractivity contribution in [2.24, 2.45) is 5.92 Å². The summed E-state index contributed by atoms with van der Waals surface area (Å²) >= 11 is 0. The van der Waals surface area contributed by atoms with Crippen molar-refractivity contribution in [3.63, 3.8) is 0 Å². The van der Waals surface area contributed by atoms with Crippen molar-refractivity contribution in [1.82, 2.24) is 0 Å². The molecule has 0 aromatic carbocycles. The number of alkyl halides is 3. The van der Waals surface area contributed by atoms with E-state index in [2.05, 4.69) is 0 Å². The van der Waals surface area contributed by atoms with E-state index in [1.807, 2.05) is 0 Å². The Bertz CT molecular complexity index is 367. The van der Waals surface area contributed by atoms with Crippen LogP contribution in [0.4, 0.5) is 13.2 Å². The minimum Gasteiger partial charge on any atom is -0.466 e. The lowest BCUT2D eigenvalue weighted by Gasteiger charge is -2.26. The lowest BCUT2D eigenvalue weighted by Crippen LogP contribution is -2.30. The van der Waals surface area contributed by atoms with Crippen LogP contribution >= 0.6 is 0 Å². The van der Waals surface area contributed by atoms with E-state index in [4.69, 9.17) is 4.42 Å². The number of aryl methyl sites for hydroxylation is 1. The molecule has 0 saturated carbocycles. The van der Waals surface area contributed by atoms with E-state index in [1.165, 1.54) is 0 Å². The molecule has 2 rings (SSSR count). The molecule has 2 nitrogen and oxygen atoms in total. The molecule has 0 aliphatic heterocycles. The molecule has 2 atom stereocenters. The highest BCUT2D eigenvalue weighted by Gasteiger charge is 2.44. The van der Waals surface area contributed by atoms with Gasteiger partial charge in [0.15, 0.2) is 0 Å². The van der Waals surface area contributed by atoms with E-state index in [0.29, 0.717) is 11.3 Å². The monoisotopic (exact) mass is 220 g/mol. The summed E-state index contributed by atoms with van der Waals surface area (Å²) in [5.41, 5.74) is 0.507. The van der Waals surface area contributed by atoms with Crippen LogP contribution in [-0.2, 0) is 6.42 Å². The second-order valence-corrected chi connectivity index (χ2v) is 3.93. The molecule has 1 aromatic rings. The maximum Gasteiger partial charge on any atom is 0.392 e. The lowest BCUT2D eigenvalue weighted by atomic mass is 9.86. The van der Waals surface area contributed by atoms with Crippen LogP contribution in [0.3, 0.4) is 0 Å². The zero-order valence-corrected chi connectivity index (χ0v) is 8.14. The minimum absolute atomic E-state index is 0.163. The second-order valence-electron chi connectivity index (χ2n) is 3.93. The Kier molecular flexibility index (Phi) is 2.30. The van der Waals surface area contributed by atoms with Crippen LogP contribution in [-0.4, -0.2) is 11.3 Å². The van der Waals surface area contributed by atoms with Gasteiger partial charge in [-0.1, -0.05) is 0 Å². The van der Waals surface area contributed by atoms with Gasteiger partial charge in [-0.2, -0.15) is 13.2 Å². The van der Waals surface area contributed by atoms with Gasteiger partial charge >= 0.3 is 6.18 Å². The highest BCUT2D eigenvalue weighted by Crippen LogP contribution is 2.42. The van der Waals surface area contributed by atoms with Crippen LogP contribution in [0.2, 0.25) is 0 Å². The van der Waals surface area contributed by atoms with Gasteiger partial charge in [0.1, 0.15) is 11.5 Å². The van der Waals surface area contributed by atoms with Crippen molar-refractivity contribution >= 4 is 0 Å². The first kappa shape index (κ1) is 10.5. The van der Waals surface area contributed by atoms with Crippen molar-refractivity contribution in [2.75, 3.05) is 0 Å². The summed E-state index contributed by atoms with van der Waals surface area (Å²) in [7, 11) is 0. The number of aliphatic hydroxyl groups is 1. The molecule has 0 bridgehead atoms. The molecule has 0 spiro atoms. The molecule has 0 saturated heterocycles. The van der Waals surface area contributed by atoms with Gasteiger partial charge in [0, 0.05) is 12.0 Å². The van der Waals surface area contributed by atoms with Crippen molar-refractivity contribution in [3.8, 4) is 0 Å². The number of hydrogen-bond acceptors (Lipinski definition) is 2. The average molecular weight is 220 g/mol. The molecule has 1 heterocycles. The third kappa shape index (κ3) is 1.88. The van der Waals surface area contributed by atoms with E-state index in [1.54, 1.807) is 13.0 Å². The first-order valence-electron chi connectivity index (χ1n) is 4.72. The molecule has 5 heteroatoms. The topological polar surface area (TPSA) is 33.4 Å². The fraction of sp³-hybridized carbons (Fsp3) is 0.600. The molecule has 0 fully saturated rings. The molecule has 15 heavy (non-hydrogen) atoms. The van der Waals surface area contributed by atoms with Gasteiger partial charge in [0.25, 0.3) is 0 Å². The number of fused-ring (bicyclic) bond motifs is 1. The molecule has 84 valence electrons. The third-order valence-corrected chi connectivity index (χ3v) is 2.73. The molecular formula is C10H11F3O2. The Labute approximate surface area is 84.7 Å². The first-order valence-corrected chi connectivity index (χ1v) is 4.72. The van der Waals surface area contributed by atoms with Crippen LogP contribution in [0.15, 0.2) is 10.5 Å². The zero-order valence-electron chi connectivity index (χ0n) is 8.14. The van der Waals surface area contributed by atoms with Gasteiger partial charge in [-0.15, -0.1) is 0 Å². The smallest absolute Gasteiger partial charge is 0.392 e. The number of rotatable bonds is 0. The molecule has 1 aromatic heterocycles. The van der Waals surface area contributed by atoms with Crippen LogP contribution < -0.4 is 0 Å². The minimum atomic E-state index is -4.26. The van der Waals surface area contributed by atoms with Crippen LogP contribution in [0, 0.1) is 12.8 Å².